The zero-order chi connectivity index (χ0) is 22.3. The normalized spacial score (nSPS) is 14.9. The Bertz CT molecular complexity index is 978. The predicted molar refractivity (Wildman–Crippen MR) is 111 cm³/mol. The van der Waals surface area contributed by atoms with Crippen LogP contribution in [-0.2, 0) is 23.1 Å². The predicted octanol–water partition coefficient (Wildman–Crippen LogP) is 3.46. The first kappa shape index (κ1) is 23.0. The molecule has 2 aromatic carbocycles. The standard InChI is InChI=1S/C21H25F2N3O4S/c22-20(23)30-18-6-4-5-17(13-18)15-25-21(27)24-14-16-7-9-19(10-8-16)31(28,29)26-11-2-1-3-12-26/h4-10,13,20H,1-3,11-12,14-15H2,(H2,24,25,27). The third-order valence-corrected chi connectivity index (χ3v) is 6.82. The Labute approximate surface area is 180 Å². The van der Waals surface area contributed by atoms with Crippen LogP contribution in [0, 0.1) is 0 Å². The van der Waals surface area contributed by atoms with Gasteiger partial charge in [0.2, 0.25) is 10.0 Å². The van der Waals surface area contributed by atoms with Gasteiger partial charge >= 0.3 is 12.6 Å². The molecule has 0 radical (unpaired) electrons. The van der Waals surface area contributed by atoms with Gasteiger partial charge in [0.15, 0.2) is 0 Å². The van der Waals surface area contributed by atoms with Gasteiger partial charge in [-0.15, -0.1) is 0 Å². The van der Waals surface area contributed by atoms with E-state index < -0.39 is 22.7 Å². The quantitative estimate of drug-likeness (QED) is 0.641. The molecule has 31 heavy (non-hydrogen) atoms. The van der Waals surface area contributed by atoms with Gasteiger partial charge in [-0.3, -0.25) is 0 Å². The number of amides is 2. The van der Waals surface area contributed by atoms with Crippen molar-refractivity contribution >= 4 is 16.1 Å². The minimum atomic E-state index is -3.48. The Morgan fingerprint density at radius 3 is 2.26 bits per heavy atom. The number of hydrogen-bond donors (Lipinski definition) is 2. The van der Waals surface area contributed by atoms with Crippen LogP contribution in [0.1, 0.15) is 30.4 Å². The molecule has 3 rings (SSSR count). The summed E-state index contributed by atoms with van der Waals surface area (Å²) in [5.41, 5.74) is 1.36. The number of benzene rings is 2. The van der Waals surface area contributed by atoms with E-state index in [1.165, 1.54) is 16.4 Å². The highest BCUT2D eigenvalue weighted by molar-refractivity contribution is 7.89. The summed E-state index contributed by atoms with van der Waals surface area (Å²) in [7, 11) is -3.48. The van der Waals surface area contributed by atoms with E-state index in [-0.39, 0.29) is 23.7 Å². The maximum Gasteiger partial charge on any atom is 0.387 e. The molecule has 1 aliphatic rings. The van der Waals surface area contributed by atoms with Crippen molar-refractivity contribution in [2.24, 2.45) is 0 Å². The molecule has 7 nitrogen and oxygen atoms in total. The molecule has 2 N–H and O–H groups in total. The third-order valence-electron chi connectivity index (χ3n) is 4.91. The minimum Gasteiger partial charge on any atom is -0.435 e. The van der Waals surface area contributed by atoms with Crippen molar-refractivity contribution in [3.63, 3.8) is 0 Å². The lowest BCUT2D eigenvalue weighted by molar-refractivity contribution is -0.0498. The van der Waals surface area contributed by atoms with Gasteiger partial charge in [0.1, 0.15) is 5.75 Å². The molecule has 2 aromatic rings. The van der Waals surface area contributed by atoms with E-state index in [4.69, 9.17) is 0 Å². The summed E-state index contributed by atoms with van der Waals surface area (Å²) in [6.45, 7) is -1.47. The lowest BCUT2D eigenvalue weighted by atomic mass is 10.2. The van der Waals surface area contributed by atoms with Gasteiger partial charge in [-0.2, -0.15) is 13.1 Å². The molecule has 1 fully saturated rings. The number of ether oxygens (including phenoxy) is 1. The highest BCUT2D eigenvalue weighted by atomic mass is 32.2. The fraction of sp³-hybridized carbons (Fsp3) is 0.381. The number of carbonyl (C=O) groups is 1. The molecule has 0 atom stereocenters. The lowest BCUT2D eigenvalue weighted by Crippen LogP contribution is -2.35. The van der Waals surface area contributed by atoms with Gasteiger partial charge in [0, 0.05) is 26.2 Å². The highest BCUT2D eigenvalue weighted by Gasteiger charge is 2.25. The molecule has 2 amide bonds. The number of nitrogens with zero attached hydrogens (tertiary/aromatic N) is 1. The van der Waals surface area contributed by atoms with Gasteiger partial charge in [0.25, 0.3) is 0 Å². The molecule has 0 bridgehead atoms. The number of carbonyl (C=O) groups excluding carboxylic acids is 1. The van der Waals surface area contributed by atoms with Crippen molar-refractivity contribution in [2.75, 3.05) is 13.1 Å². The Morgan fingerprint density at radius 2 is 1.61 bits per heavy atom. The lowest BCUT2D eigenvalue weighted by Gasteiger charge is -2.25. The van der Waals surface area contributed by atoms with Gasteiger partial charge in [0.05, 0.1) is 4.90 Å². The molecule has 1 saturated heterocycles. The van der Waals surface area contributed by atoms with Crippen molar-refractivity contribution in [2.45, 2.75) is 43.9 Å². The van der Waals surface area contributed by atoms with Crippen molar-refractivity contribution in [3.8, 4) is 5.75 Å². The van der Waals surface area contributed by atoms with Crippen molar-refractivity contribution in [3.05, 3.63) is 59.7 Å². The number of alkyl halides is 2. The fourth-order valence-corrected chi connectivity index (χ4v) is 4.81. The van der Waals surface area contributed by atoms with Gasteiger partial charge in [-0.1, -0.05) is 30.7 Å². The molecule has 0 aliphatic carbocycles. The van der Waals surface area contributed by atoms with Crippen LogP contribution in [0.25, 0.3) is 0 Å². The third kappa shape index (κ3) is 6.63. The maximum absolute atomic E-state index is 12.7. The van der Waals surface area contributed by atoms with Crippen LogP contribution in [0.2, 0.25) is 0 Å². The van der Waals surface area contributed by atoms with Crippen LogP contribution >= 0.6 is 0 Å². The second-order valence-electron chi connectivity index (χ2n) is 7.17. The van der Waals surface area contributed by atoms with Crippen LogP contribution in [0.3, 0.4) is 0 Å². The Kier molecular flexibility index (Phi) is 7.80. The number of piperidine rings is 1. The largest absolute Gasteiger partial charge is 0.435 e. The van der Waals surface area contributed by atoms with E-state index in [9.17, 15) is 22.0 Å². The average Bonchev–Trinajstić information content (AvgIpc) is 2.77. The van der Waals surface area contributed by atoms with Crippen molar-refractivity contribution in [1.29, 1.82) is 0 Å². The Balaban J connectivity index is 1.48. The average molecular weight is 454 g/mol. The van der Waals surface area contributed by atoms with E-state index in [1.54, 1.807) is 36.4 Å². The van der Waals surface area contributed by atoms with Crippen LogP contribution in [0.4, 0.5) is 13.6 Å². The van der Waals surface area contributed by atoms with Gasteiger partial charge in [-0.05, 0) is 48.2 Å². The van der Waals surface area contributed by atoms with E-state index in [1.807, 2.05) is 0 Å². The van der Waals surface area contributed by atoms with E-state index in [2.05, 4.69) is 15.4 Å². The number of sulfonamides is 1. The summed E-state index contributed by atoms with van der Waals surface area (Å²) >= 11 is 0. The van der Waals surface area contributed by atoms with Crippen molar-refractivity contribution < 1.29 is 26.7 Å². The SMILES string of the molecule is O=C(NCc1ccc(S(=O)(=O)N2CCCCC2)cc1)NCc1cccc(OC(F)F)c1. The molecular formula is C21H25F2N3O4S. The number of urea groups is 1. The Hall–Kier alpha value is -2.72. The molecule has 168 valence electrons. The second kappa shape index (κ2) is 10.5. The Morgan fingerprint density at radius 1 is 0.968 bits per heavy atom. The summed E-state index contributed by atoms with van der Waals surface area (Å²) < 4.78 is 55.7. The van der Waals surface area contributed by atoms with E-state index >= 15 is 0 Å². The van der Waals surface area contributed by atoms with Crippen LogP contribution in [0.5, 0.6) is 5.75 Å². The smallest absolute Gasteiger partial charge is 0.387 e. The molecule has 0 unspecified atom stereocenters. The van der Waals surface area contributed by atoms with Crippen LogP contribution in [0.15, 0.2) is 53.4 Å². The molecule has 10 heteroatoms. The first-order valence-electron chi connectivity index (χ1n) is 9.99. The summed E-state index contributed by atoms with van der Waals surface area (Å²) in [5.74, 6) is 0.0225. The monoisotopic (exact) mass is 453 g/mol. The topological polar surface area (TPSA) is 87.7 Å². The summed E-state index contributed by atoms with van der Waals surface area (Å²) in [6.07, 6.45) is 2.80. The maximum atomic E-state index is 12.7. The molecular weight excluding hydrogens is 428 g/mol. The van der Waals surface area contributed by atoms with Gasteiger partial charge < -0.3 is 15.4 Å². The van der Waals surface area contributed by atoms with E-state index in [0.717, 1.165) is 24.8 Å². The van der Waals surface area contributed by atoms with Crippen LogP contribution < -0.4 is 15.4 Å². The first-order valence-corrected chi connectivity index (χ1v) is 11.4. The first-order chi connectivity index (χ1) is 14.8. The van der Waals surface area contributed by atoms with E-state index in [0.29, 0.717) is 18.7 Å². The van der Waals surface area contributed by atoms with Gasteiger partial charge in [-0.25, -0.2) is 13.2 Å². The number of rotatable bonds is 8. The van der Waals surface area contributed by atoms with Crippen molar-refractivity contribution in [1.82, 2.24) is 14.9 Å². The molecule has 0 aromatic heterocycles. The molecule has 1 heterocycles. The molecule has 0 saturated carbocycles. The number of halogens is 2. The minimum absolute atomic E-state index is 0.0225. The van der Waals surface area contributed by atoms with Crippen LogP contribution in [-0.4, -0.2) is 38.5 Å². The zero-order valence-corrected chi connectivity index (χ0v) is 17.7. The summed E-state index contributed by atoms with van der Waals surface area (Å²) in [6, 6.07) is 12.1. The fourth-order valence-electron chi connectivity index (χ4n) is 3.29. The number of nitrogens with one attached hydrogen (secondary N) is 2. The molecule has 1 aliphatic heterocycles. The summed E-state index contributed by atoms with van der Waals surface area (Å²) in [4.78, 5) is 12.3. The zero-order valence-electron chi connectivity index (χ0n) is 16.9. The molecule has 0 spiro atoms. The second-order valence-corrected chi connectivity index (χ2v) is 9.11. The summed E-state index contributed by atoms with van der Waals surface area (Å²) in [5, 5.41) is 5.31. The highest BCUT2D eigenvalue weighted by Crippen LogP contribution is 2.21. The number of hydrogen-bond acceptors (Lipinski definition) is 4.